The fraction of sp³-hybridized carbons (Fsp3) is 0.375. The zero-order valence-corrected chi connectivity index (χ0v) is 17.5. The van der Waals surface area contributed by atoms with E-state index in [0.717, 1.165) is 50.0 Å². The summed E-state index contributed by atoms with van der Waals surface area (Å²) < 4.78 is 0. The molecule has 2 heterocycles. The Hall–Kier alpha value is -3.19. The Morgan fingerprint density at radius 1 is 1.03 bits per heavy atom. The van der Waals surface area contributed by atoms with Crippen molar-refractivity contribution in [2.45, 2.75) is 44.7 Å². The zero-order valence-electron chi connectivity index (χ0n) is 17.5. The Balaban J connectivity index is 1.40. The minimum absolute atomic E-state index is 0.136. The van der Waals surface area contributed by atoms with Gasteiger partial charge in [0.25, 0.3) is 5.91 Å². The third-order valence-electron chi connectivity index (χ3n) is 6.03. The van der Waals surface area contributed by atoms with Crippen LogP contribution >= 0.6 is 0 Å². The second-order valence-corrected chi connectivity index (χ2v) is 8.23. The number of benzene rings is 2. The zero-order chi connectivity index (χ0) is 21.8. The molecular formula is C24H28N4O3. The van der Waals surface area contributed by atoms with Crippen LogP contribution in [0.2, 0.25) is 0 Å². The largest absolute Gasteiger partial charge is 0.368 e. The summed E-state index contributed by atoms with van der Waals surface area (Å²) in [6, 6.07) is 14.6. The molecule has 0 spiro atoms. The lowest BCUT2D eigenvalue weighted by Crippen LogP contribution is -2.39. The van der Waals surface area contributed by atoms with Crippen LogP contribution in [0.1, 0.15) is 48.0 Å². The van der Waals surface area contributed by atoms with E-state index in [0.29, 0.717) is 24.2 Å². The molecule has 0 saturated carbocycles. The molecule has 7 heteroatoms. The lowest BCUT2D eigenvalue weighted by Gasteiger charge is -2.26. The first-order valence-corrected chi connectivity index (χ1v) is 10.9. The second kappa shape index (κ2) is 9.31. The Labute approximate surface area is 182 Å². The molecule has 162 valence electrons. The molecule has 1 atom stereocenters. The molecule has 3 N–H and O–H groups in total. The number of hydrogen-bond acceptors (Lipinski definition) is 4. The molecule has 1 unspecified atom stereocenters. The van der Waals surface area contributed by atoms with Crippen molar-refractivity contribution in [3.05, 3.63) is 59.7 Å². The molecule has 0 radical (unpaired) electrons. The van der Waals surface area contributed by atoms with Crippen LogP contribution < -0.4 is 16.0 Å². The Kier molecular flexibility index (Phi) is 6.32. The molecule has 31 heavy (non-hydrogen) atoms. The van der Waals surface area contributed by atoms with Crippen molar-refractivity contribution in [3.8, 4) is 0 Å². The van der Waals surface area contributed by atoms with E-state index in [1.54, 1.807) is 17.0 Å². The quantitative estimate of drug-likeness (QED) is 0.751. The van der Waals surface area contributed by atoms with Crippen LogP contribution in [-0.4, -0.2) is 41.8 Å². The van der Waals surface area contributed by atoms with Crippen molar-refractivity contribution in [1.82, 2.24) is 4.90 Å². The van der Waals surface area contributed by atoms with Gasteiger partial charge >= 0.3 is 0 Å². The molecule has 2 fully saturated rings. The Morgan fingerprint density at radius 2 is 1.84 bits per heavy atom. The van der Waals surface area contributed by atoms with Gasteiger partial charge in [0.2, 0.25) is 11.8 Å². The van der Waals surface area contributed by atoms with Crippen molar-refractivity contribution >= 4 is 29.1 Å². The summed E-state index contributed by atoms with van der Waals surface area (Å²) in [6.45, 7) is 2.19. The normalized spacial score (nSPS) is 19.4. The molecule has 2 aliphatic rings. The highest BCUT2D eigenvalue weighted by Crippen LogP contribution is 2.23. The standard InChI is InChI=1S/C24H28N4O3/c25-23(30)21-7-4-13-27(21)16-17-5-3-6-19(15-17)26-24(31)18-9-11-20(12-10-18)28-14-2-1-8-22(28)29/h3,5-6,9-12,15,21H,1-2,4,7-8,13-14,16H2,(H2,25,30)(H,26,31). The number of piperidine rings is 1. The number of anilines is 2. The highest BCUT2D eigenvalue weighted by Gasteiger charge is 2.28. The average Bonchev–Trinajstić information content (AvgIpc) is 3.23. The number of amides is 3. The van der Waals surface area contributed by atoms with Gasteiger partial charge in [-0.15, -0.1) is 0 Å². The Morgan fingerprint density at radius 3 is 2.58 bits per heavy atom. The van der Waals surface area contributed by atoms with Gasteiger partial charge in [0.05, 0.1) is 6.04 Å². The molecule has 0 aromatic heterocycles. The number of nitrogens with one attached hydrogen (secondary N) is 1. The highest BCUT2D eigenvalue weighted by atomic mass is 16.2. The summed E-state index contributed by atoms with van der Waals surface area (Å²) in [7, 11) is 0. The number of likely N-dealkylation sites (tertiary alicyclic amines) is 1. The van der Waals surface area contributed by atoms with Crippen molar-refractivity contribution in [1.29, 1.82) is 0 Å². The van der Waals surface area contributed by atoms with Gasteiger partial charge in [-0.25, -0.2) is 0 Å². The van der Waals surface area contributed by atoms with E-state index >= 15 is 0 Å². The number of nitrogens with two attached hydrogens (primary N) is 1. The number of hydrogen-bond donors (Lipinski definition) is 2. The lowest BCUT2D eigenvalue weighted by molar-refractivity contribution is -0.122. The van der Waals surface area contributed by atoms with E-state index in [1.807, 2.05) is 36.4 Å². The molecule has 0 aliphatic carbocycles. The van der Waals surface area contributed by atoms with Crippen LogP contribution in [0.15, 0.2) is 48.5 Å². The van der Waals surface area contributed by atoms with Crippen LogP contribution in [-0.2, 0) is 16.1 Å². The maximum absolute atomic E-state index is 12.7. The lowest BCUT2D eigenvalue weighted by atomic mass is 10.1. The van der Waals surface area contributed by atoms with Gasteiger partial charge in [-0.3, -0.25) is 19.3 Å². The first kappa shape index (κ1) is 21.1. The molecule has 0 bridgehead atoms. The van der Waals surface area contributed by atoms with E-state index in [9.17, 15) is 14.4 Å². The van der Waals surface area contributed by atoms with Crippen molar-refractivity contribution in [2.75, 3.05) is 23.3 Å². The third-order valence-corrected chi connectivity index (χ3v) is 6.03. The van der Waals surface area contributed by atoms with E-state index in [4.69, 9.17) is 5.73 Å². The summed E-state index contributed by atoms with van der Waals surface area (Å²) in [5, 5.41) is 2.94. The number of nitrogens with zero attached hydrogens (tertiary/aromatic N) is 2. The molecule has 7 nitrogen and oxygen atoms in total. The monoisotopic (exact) mass is 420 g/mol. The minimum atomic E-state index is -0.281. The van der Waals surface area contributed by atoms with E-state index in [2.05, 4.69) is 10.2 Å². The van der Waals surface area contributed by atoms with Crippen molar-refractivity contribution in [2.24, 2.45) is 5.73 Å². The topological polar surface area (TPSA) is 95.7 Å². The van der Waals surface area contributed by atoms with E-state index in [-0.39, 0.29) is 23.8 Å². The van der Waals surface area contributed by atoms with Gasteiger partial charge in [-0.1, -0.05) is 12.1 Å². The van der Waals surface area contributed by atoms with Crippen LogP contribution in [0.25, 0.3) is 0 Å². The number of carbonyl (C=O) groups is 3. The van der Waals surface area contributed by atoms with E-state index in [1.165, 1.54) is 0 Å². The summed E-state index contributed by atoms with van der Waals surface area (Å²) in [5.41, 5.74) is 8.59. The Bertz CT molecular complexity index is 973. The smallest absolute Gasteiger partial charge is 0.255 e. The first-order chi connectivity index (χ1) is 15.0. The number of rotatable bonds is 6. The first-order valence-electron chi connectivity index (χ1n) is 10.9. The molecule has 2 aromatic rings. The molecule has 2 aromatic carbocycles. The summed E-state index contributed by atoms with van der Waals surface area (Å²) in [6.07, 6.45) is 4.28. The number of primary amides is 1. The number of carbonyl (C=O) groups excluding carboxylic acids is 3. The summed E-state index contributed by atoms with van der Waals surface area (Å²) in [5.74, 6) is -0.349. The van der Waals surface area contributed by atoms with Gasteiger partial charge < -0.3 is 16.0 Å². The predicted molar refractivity (Wildman–Crippen MR) is 120 cm³/mol. The highest BCUT2D eigenvalue weighted by molar-refractivity contribution is 6.04. The molecule has 4 rings (SSSR count). The van der Waals surface area contributed by atoms with Gasteiger partial charge in [-0.2, -0.15) is 0 Å². The molecule has 3 amide bonds. The fourth-order valence-electron chi connectivity index (χ4n) is 4.39. The van der Waals surface area contributed by atoms with Crippen LogP contribution in [0, 0.1) is 0 Å². The van der Waals surface area contributed by atoms with Crippen LogP contribution in [0.4, 0.5) is 11.4 Å². The maximum atomic E-state index is 12.7. The fourth-order valence-corrected chi connectivity index (χ4v) is 4.39. The third kappa shape index (κ3) is 4.94. The summed E-state index contributed by atoms with van der Waals surface area (Å²) in [4.78, 5) is 40.3. The minimum Gasteiger partial charge on any atom is -0.368 e. The molecule has 2 saturated heterocycles. The second-order valence-electron chi connectivity index (χ2n) is 8.23. The average molecular weight is 421 g/mol. The van der Waals surface area contributed by atoms with Crippen LogP contribution in [0.5, 0.6) is 0 Å². The summed E-state index contributed by atoms with van der Waals surface area (Å²) >= 11 is 0. The molecular weight excluding hydrogens is 392 g/mol. The van der Waals surface area contributed by atoms with Crippen molar-refractivity contribution < 1.29 is 14.4 Å². The van der Waals surface area contributed by atoms with Gasteiger partial charge in [0.15, 0.2) is 0 Å². The SMILES string of the molecule is NC(=O)C1CCCN1Cc1cccc(NC(=O)c2ccc(N3CCCCC3=O)cc2)c1. The van der Waals surface area contributed by atoms with Crippen LogP contribution in [0.3, 0.4) is 0 Å². The van der Waals surface area contributed by atoms with E-state index < -0.39 is 0 Å². The maximum Gasteiger partial charge on any atom is 0.255 e. The van der Waals surface area contributed by atoms with Crippen molar-refractivity contribution in [3.63, 3.8) is 0 Å². The van der Waals surface area contributed by atoms with Gasteiger partial charge in [0.1, 0.15) is 0 Å². The molecule has 2 aliphatic heterocycles. The predicted octanol–water partition coefficient (Wildman–Crippen LogP) is 2.91. The van der Waals surface area contributed by atoms with Gasteiger partial charge in [-0.05, 0) is 74.2 Å². The van der Waals surface area contributed by atoms with Gasteiger partial charge in [0, 0.05) is 36.4 Å².